The van der Waals surface area contributed by atoms with Gasteiger partial charge in [0.05, 0.1) is 5.39 Å². The molecule has 0 aromatic carbocycles. The lowest BCUT2D eigenvalue weighted by atomic mass is 9.97. The van der Waals surface area contributed by atoms with Gasteiger partial charge in [0.25, 0.3) is 11.5 Å². The number of carbonyl (C=O) groups is 1. The van der Waals surface area contributed by atoms with Crippen LogP contribution < -0.4 is 11.0 Å². The second-order valence-electron chi connectivity index (χ2n) is 6.17. The lowest BCUT2D eigenvalue weighted by Gasteiger charge is -2.15. The van der Waals surface area contributed by atoms with Crippen LogP contribution in [0.4, 0.5) is 0 Å². The second-order valence-corrected chi connectivity index (χ2v) is 7.25. The molecule has 4 rings (SSSR count). The number of thiophene rings is 1. The highest BCUT2D eigenvalue weighted by Gasteiger charge is 2.26. The van der Waals surface area contributed by atoms with Crippen LogP contribution in [0.2, 0.25) is 0 Å². The van der Waals surface area contributed by atoms with E-state index in [-0.39, 0.29) is 11.5 Å². The molecule has 3 heterocycles. The third-order valence-corrected chi connectivity index (χ3v) is 5.79. The summed E-state index contributed by atoms with van der Waals surface area (Å²) in [5.41, 5.74) is 3.66. The number of nitrogens with one attached hydrogen (secondary N) is 1. The van der Waals surface area contributed by atoms with Gasteiger partial charge in [-0.2, -0.15) is 0 Å². The Hall–Kier alpha value is -1.73. The Balaban J connectivity index is 1.77. The predicted octanol–water partition coefficient (Wildman–Crippen LogP) is 1.89. The minimum Gasteiger partial charge on any atom is -0.368 e. The predicted molar refractivity (Wildman–Crippen MR) is 88.6 cm³/mol. The fourth-order valence-electron chi connectivity index (χ4n) is 3.40. The molecule has 0 spiro atoms. The van der Waals surface area contributed by atoms with Gasteiger partial charge in [0.1, 0.15) is 16.8 Å². The molecule has 0 saturated carbocycles. The third kappa shape index (κ3) is 2.48. The number of hydrogen-bond acceptors (Lipinski definition) is 5. The Morgan fingerprint density at radius 3 is 2.96 bits per heavy atom. The van der Waals surface area contributed by atoms with Crippen molar-refractivity contribution in [2.75, 3.05) is 12.0 Å². The highest BCUT2D eigenvalue weighted by molar-refractivity contribution is 7.18. The topological polar surface area (TPSA) is 73.2 Å². The zero-order valence-electron chi connectivity index (χ0n) is 13.1. The van der Waals surface area contributed by atoms with Crippen molar-refractivity contribution in [3.8, 4) is 0 Å². The first-order valence-corrected chi connectivity index (χ1v) is 8.93. The third-order valence-electron chi connectivity index (χ3n) is 4.60. The van der Waals surface area contributed by atoms with Gasteiger partial charge >= 0.3 is 0 Å². The van der Waals surface area contributed by atoms with E-state index in [0.29, 0.717) is 24.2 Å². The van der Waals surface area contributed by atoms with E-state index in [1.165, 1.54) is 16.0 Å². The van der Waals surface area contributed by atoms with Crippen molar-refractivity contribution in [2.24, 2.45) is 0 Å². The van der Waals surface area contributed by atoms with Crippen LogP contribution in [-0.2, 0) is 22.4 Å². The van der Waals surface area contributed by atoms with E-state index in [4.69, 9.17) is 4.74 Å². The van der Waals surface area contributed by atoms with Crippen LogP contribution >= 0.6 is 11.3 Å². The molecule has 0 unspecified atom stereocenters. The SMILES string of the molecule is Cc1nc2sc3c(c2c(=O)n1NC(=O)[C@H]1CCCO1)CCCC3. The average Bonchev–Trinajstić information content (AvgIpc) is 3.18. The molecule has 2 aromatic heterocycles. The Morgan fingerprint density at radius 2 is 2.17 bits per heavy atom. The van der Waals surface area contributed by atoms with E-state index in [9.17, 15) is 9.59 Å². The molecule has 1 aliphatic heterocycles. The molecule has 1 fully saturated rings. The molecule has 122 valence electrons. The van der Waals surface area contributed by atoms with Crippen molar-refractivity contribution in [2.45, 2.75) is 51.6 Å². The summed E-state index contributed by atoms with van der Waals surface area (Å²) in [6, 6.07) is 0. The van der Waals surface area contributed by atoms with Crippen LogP contribution in [0, 0.1) is 6.92 Å². The fourth-order valence-corrected chi connectivity index (χ4v) is 4.70. The van der Waals surface area contributed by atoms with E-state index < -0.39 is 6.10 Å². The molecule has 1 saturated heterocycles. The first kappa shape index (κ1) is 14.8. The van der Waals surface area contributed by atoms with E-state index in [1.54, 1.807) is 18.3 Å². The Bertz CT molecular complexity index is 833. The van der Waals surface area contributed by atoms with Crippen molar-refractivity contribution in [1.82, 2.24) is 9.66 Å². The molecule has 1 amide bonds. The average molecular weight is 333 g/mol. The standard InChI is InChI=1S/C16H19N3O3S/c1-9-17-15-13(10-5-2-3-7-12(10)23-15)16(21)19(9)18-14(20)11-6-4-8-22-11/h11H,2-8H2,1H3,(H,18,20)/t11-/m1/s1. The second kappa shape index (κ2) is 5.72. The first-order valence-electron chi connectivity index (χ1n) is 8.11. The number of aryl methyl sites for hydroxylation is 3. The van der Waals surface area contributed by atoms with E-state index >= 15 is 0 Å². The molecule has 0 bridgehead atoms. The fraction of sp³-hybridized carbons (Fsp3) is 0.562. The minimum absolute atomic E-state index is 0.168. The first-order chi connectivity index (χ1) is 11.1. The van der Waals surface area contributed by atoms with Gasteiger partial charge in [0.15, 0.2) is 0 Å². The number of fused-ring (bicyclic) bond motifs is 3. The van der Waals surface area contributed by atoms with Crippen molar-refractivity contribution >= 4 is 27.5 Å². The lowest BCUT2D eigenvalue weighted by Crippen LogP contribution is -2.40. The van der Waals surface area contributed by atoms with Crippen LogP contribution in [-0.4, -0.2) is 28.3 Å². The van der Waals surface area contributed by atoms with Crippen LogP contribution in [0.5, 0.6) is 0 Å². The smallest absolute Gasteiger partial charge is 0.281 e. The minimum atomic E-state index is -0.464. The van der Waals surface area contributed by atoms with Crippen molar-refractivity contribution < 1.29 is 9.53 Å². The van der Waals surface area contributed by atoms with Gasteiger partial charge in [-0.3, -0.25) is 15.0 Å². The highest BCUT2D eigenvalue weighted by Crippen LogP contribution is 2.33. The lowest BCUT2D eigenvalue weighted by molar-refractivity contribution is -0.125. The van der Waals surface area contributed by atoms with Crippen LogP contribution in [0.25, 0.3) is 10.2 Å². The summed E-state index contributed by atoms with van der Waals surface area (Å²) in [5.74, 6) is 0.241. The van der Waals surface area contributed by atoms with Crippen LogP contribution in [0.1, 0.15) is 41.9 Å². The summed E-state index contributed by atoms with van der Waals surface area (Å²) in [4.78, 5) is 31.8. The number of aromatic nitrogens is 2. The highest BCUT2D eigenvalue weighted by atomic mass is 32.1. The molecule has 0 radical (unpaired) electrons. The largest absolute Gasteiger partial charge is 0.368 e. The van der Waals surface area contributed by atoms with Gasteiger partial charge in [-0.05, 0) is 51.0 Å². The van der Waals surface area contributed by atoms with Crippen molar-refractivity contribution in [3.05, 3.63) is 26.6 Å². The number of ether oxygens (including phenoxy) is 1. The van der Waals surface area contributed by atoms with Gasteiger partial charge in [-0.1, -0.05) is 0 Å². The van der Waals surface area contributed by atoms with Crippen LogP contribution in [0.15, 0.2) is 4.79 Å². The number of rotatable bonds is 2. The maximum absolute atomic E-state index is 12.9. The maximum Gasteiger partial charge on any atom is 0.281 e. The summed E-state index contributed by atoms with van der Waals surface area (Å²) in [5, 5.41) is 0.683. The molecule has 7 heteroatoms. The maximum atomic E-state index is 12.9. The zero-order valence-corrected chi connectivity index (χ0v) is 13.9. The summed E-state index contributed by atoms with van der Waals surface area (Å²) in [7, 11) is 0. The summed E-state index contributed by atoms with van der Waals surface area (Å²) in [6.45, 7) is 2.34. The molecular formula is C16H19N3O3S. The molecule has 2 aliphatic rings. The monoisotopic (exact) mass is 333 g/mol. The zero-order chi connectivity index (χ0) is 16.0. The van der Waals surface area contributed by atoms with Gasteiger partial charge < -0.3 is 4.74 Å². The van der Waals surface area contributed by atoms with E-state index in [0.717, 1.165) is 36.1 Å². The number of amides is 1. The Morgan fingerprint density at radius 1 is 1.35 bits per heavy atom. The van der Waals surface area contributed by atoms with E-state index in [1.807, 2.05) is 0 Å². The Kier molecular flexibility index (Phi) is 3.69. The number of nitrogens with zero attached hydrogens (tertiary/aromatic N) is 2. The summed E-state index contributed by atoms with van der Waals surface area (Å²) in [6.07, 6.45) is 5.33. The Labute approximate surface area is 137 Å². The van der Waals surface area contributed by atoms with E-state index in [2.05, 4.69) is 10.4 Å². The van der Waals surface area contributed by atoms with Crippen LogP contribution in [0.3, 0.4) is 0 Å². The quantitative estimate of drug-likeness (QED) is 0.911. The van der Waals surface area contributed by atoms with Crippen molar-refractivity contribution in [3.63, 3.8) is 0 Å². The molecule has 1 N–H and O–H groups in total. The molecule has 6 nitrogen and oxygen atoms in total. The number of hydrogen-bond donors (Lipinski definition) is 1. The summed E-state index contributed by atoms with van der Waals surface area (Å²) >= 11 is 1.62. The van der Waals surface area contributed by atoms with Crippen molar-refractivity contribution in [1.29, 1.82) is 0 Å². The normalized spacial score (nSPS) is 20.7. The molecule has 1 atom stereocenters. The van der Waals surface area contributed by atoms with Gasteiger partial charge in [-0.25, -0.2) is 9.66 Å². The molecule has 23 heavy (non-hydrogen) atoms. The molecule has 1 aliphatic carbocycles. The van der Waals surface area contributed by atoms with Gasteiger partial charge in [-0.15, -0.1) is 11.3 Å². The van der Waals surface area contributed by atoms with Gasteiger partial charge in [0, 0.05) is 11.5 Å². The number of carbonyl (C=O) groups excluding carboxylic acids is 1. The summed E-state index contributed by atoms with van der Waals surface area (Å²) < 4.78 is 6.67. The van der Waals surface area contributed by atoms with Gasteiger partial charge in [0.2, 0.25) is 0 Å². The molecule has 2 aromatic rings. The molecular weight excluding hydrogens is 314 g/mol.